The predicted molar refractivity (Wildman–Crippen MR) is 117 cm³/mol. The van der Waals surface area contributed by atoms with Crippen LogP contribution in [0, 0.1) is 5.92 Å². The van der Waals surface area contributed by atoms with Gasteiger partial charge >= 0.3 is 0 Å². The van der Waals surface area contributed by atoms with Crippen LogP contribution in [0.25, 0.3) is 0 Å². The summed E-state index contributed by atoms with van der Waals surface area (Å²) in [6.45, 7) is 7.64. The zero-order valence-electron chi connectivity index (χ0n) is 17.5. The fourth-order valence-electron chi connectivity index (χ4n) is 3.56. The van der Waals surface area contributed by atoms with Crippen molar-refractivity contribution in [2.24, 2.45) is 5.92 Å². The maximum atomic E-state index is 5.97. The van der Waals surface area contributed by atoms with Crippen LogP contribution in [0.2, 0.25) is 0 Å². The van der Waals surface area contributed by atoms with E-state index in [2.05, 4.69) is 74.1 Å². The Labute approximate surface area is 169 Å². The molecule has 0 unspecified atom stereocenters. The molecule has 5 heteroatoms. The Balaban J connectivity index is 1.45. The lowest BCUT2D eigenvalue weighted by atomic mass is 9.99. The van der Waals surface area contributed by atoms with E-state index in [0.717, 1.165) is 37.6 Å². The Kier molecular flexibility index (Phi) is 6.35. The van der Waals surface area contributed by atoms with E-state index >= 15 is 0 Å². The van der Waals surface area contributed by atoms with E-state index in [1.165, 1.54) is 11.4 Å². The highest BCUT2D eigenvalue weighted by molar-refractivity contribution is 5.53. The molecule has 2 aromatic carbocycles. The van der Waals surface area contributed by atoms with E-state index in [1.54, 1.807) is 0 Å². The lowest BCUT2D eigenvalue weighted by molar-refractivity contribution is 0.0341. The first-order valence-corrected chi connectivity index (χ1v) is 9.97. The zero-order valence-corrected chi connectivity index (χ0v) is 17.5. The second kappa shape index (κ2) is 8.74. The highest BCUT2D eigenvalue weighted by atomic mass is 16.5. The molecule has 0 aromatic heterocycles. The number of nitrogens with zero attached hydrogens (tertiary/aromatic N) is 2. The minimum Gasteiger partial charge on any atom is -0.493 e. The molecule has 3 rings (SSSR count). The topological polar surface area (TPSA) is 51.0 Å². The molecule has 1 heterocycles. The van der Waals surface area contributed by atoms with Crippen molar-refractivity contribution in [3.8, 4) is 5.75 Å². The molecular formula is C23H33N3O2. The first kappa shape index (κ1) is 20.3. The molecule has 1 fully saturated rings. The second-order valence-corrected chi connectivity index (χ2v) is 8.38. The molecule has 0 amide bonds. The summed E-state index contributed by atoms with van der Waals surface area (Å²) in [5.41, 5.74) is 8.90. The standard InChI is InChI=1S/C23H33N3O2/c1-23(2)15-18(17-28-23)16-27-22-11-9-21(10-12-22)26(4)14-13-25(3)20-7-5-19(24)6-8-20/h5-12,18H,13-17,24H2,1-4H3/t18-/m1/s1. The van der Waals surface area contributed by atoms with Gasteiger partial charge in [0.15, 0.2) is 0 Å². The Morgan fingerprint density at radius 2 is 1.50 bits per heavy atom. The van der Waals surface area contributed by atoms with Crippen LogP contribution in [0.1, 0.15) is 20.3 Å². The van der Waals surface area contributed by atoms with E-state index in [4.69, 9.17) is 15.2 Å². The highest BCUT2D eigenvalue weighted by Crippen LogP contribution is 2.29. The van der Waals surface area contributed by atoms with Gasteiger partial charge in [-0.2, -0.15) is 0 Å². The summed E-state index contributed by atoms with van der Waals surface area (Å²) in [5, 5.41) is 0. The normalized spacial score (nSPS) is 18.1. The Hall–Kier alpha value is -2.40. The number of rotatable bonds is 8. The molecule has 28 heavy (non-hydrogen) atoms. The average Bonchev–Trinajstić information content (AvgIpc) is 3.04. The summed E-state index contributed by atoms with van der Waals surface area (Å²) in [5.74, 6) is 1.39. The molecule has 1 saturated heterocycles. The van der Waals surface area contributed by atoms with Gasteiger partial charge in [0.05, 0.1) is 18.8 Å². The smallest absolute Gasteiger partial charge is 0.119 e. The van der Waals surface area contributed by atoms with Crippen LogP contribution < -0.4 is 20.3 Å². The number of likely N-dealkylation sites (N-methyl/N-ethyl adjacent to an activating group) is 2. The van der Waals surface area contributed by atoms with Crippen LogP contribution in [0.4, 0.5) is 17.1 Å². The summed E-state index contributed by atoms with van der Waals surface area (Å²) in [6, 6.07) is 16.3. The monoisotopic (exact) mass is 383 g/mol. The third-order valence-electron chi connectivity index (χ3n) is 5.36. The summed E-state index contributed by atoms with van der Waals surface area (Å²) in [6.07, 6.45) is 1.05. The van der Waals surface area contributed by atoms with Gasteiger partial charge in [0.1, 0.15) is 5.75 Å². The molecule has 1 atom stereocenters. The molecule has 0 aliphatic carbocycles. The summed E-state index contributed by atoms with van der Waals surface area (Å²) < 4.78 is 11.7. The molecule has 0 spiro atoms. The zero-order chi connectivity index (χ0) is 20.1. The molecule has 1 aliphatic heterocycles. The second-order valence-electron chi connectivity index (χ2n) is 8.38. The summed E-state index contributed by atoms with van der Waals surface area (Å²) in [4.78, 5) is 4.49. The number of hydrogen-bond acceptors (Lipinski definition) is 5. The lowest BCUT2D eigenvalue weighted by Gasteiger charge is -2.25. The number of hydrogen-bond donors (Lipinski definition) is 1. The number of ether oxygens (including phenoxy) is 2. The SMILES string of the molecule is CN(CCN(C)c1ccc(OC[C@@H]2COC(C)(C)C2)cc1)c1ccc(N)cc1. The number of anilines is 3. The number of nitrogen functional groups attached to an aromatic ring is 1. The molecule has 0 saturated carbocycles. The largest absolute Gasteiger partial charge is 0.493 e. The van der Waals surface area contributed by atoms with E-state index < -0.39 is 0 Å². The van der Waals surface area contributed by atoms with Crippen molar-refractivity contribution in [3.05, 3.63) is 48.5 Å². The van der Waals surface area contributed by atoms with E-state index in [0.29, 0.717) is 12.5 Å². The predicted octanol–water partition coefficient (Wildman–Crippen LogP) is 4.04. The number of benzene rings is 2. The fourth-order valence-corrected chi connectivity index (χ4v) is 3.56. The van der Waals surface area contributed by atoms with Crippen LogP contribution in [-0.4, -0.2) is 46.0 Å². The quantitative estimate of drug-likeness (QED) is 0.698. The molecular weight excluding hydrogens is 350 g/mol. The third-order valence-corrected chi connectivity index (χ3v) is 5.36. The van der Waals surface area contributed by atoms with E-state index in [9.17, 15) is 0 Å². The lowest BCUT2D eigenvalue weighted by Crippen LogP contribution is -2.30. The minimum atomic E-state index is -0.0138. The number of nitrogens with two attached hydrogens (primary N) is 1. The molecule has 2 aromatic rings. The van der Waals surface area contributed by atoms with Gasteiger partial charge in [-0.1, -0.05) is 0 Å². The molecule has 2 N–H and O–H groups in total. The first-order valence-electron chi connectivity index (χ1n) is 9.97. The molecule has 152 valence electrons. The van der Waals surface area contributed by atoms with Crippen molar-refractivity contribution >= 4 is 17.1 Å². The van der Waals surface area contributed by atoms with Gasteiger partial charge in [0.2, 0.25) is 0 Å². The summed E-state index contributed by atoms with van der Waals surface area (Å²) >= 11 is 0. The van der Waals surface area contributed by atoms with Crippen molar-refractivity contribution in [2.75, 3.05) is 55.9 Å². The van der Waals surface area contributed by atoms with Crippen LogP contribution in [0.3, 0.4) is 0 Å². The van der Waals surface area contributed by atoms with Crippen molar-refractivity contribution in [1.29, 1.82) is 0 Å². The molecule has 0 bridgehead atoms. The third kappa shape index (κ3) is 5.55. The molecule has 1 aliphatic rings. The van der Waals surface area contributed by atoms with E-state index in [1.807, 2.05) is 12.1 Å². The fraction of sp³-hybridized carbons (Fsp3) is 0.478. The summed E-state index contributed by atoms with van der Waals surface area (Å²) in [7, 11) is 4.22. The highest BCUT2D eigenvalue weighted by Gasteiger charge is 2.32. The van der Waals surface area contributed by atoms with Crippen LogP contribution in [-0.2, 0) is 4.74 Å². The van der Waals surface area contributed by atoms with Gasteiger partial charge in [-0.05, 0) is 68.8 Å². The molecule has 5 nitrogen and oxygen atoms in total. The van der Waals surface area contributed by atoms with Gasteiger partial charge in [0, 0.05) is 50.2 Å². The van der Waals surface area contributed by atoms with Gasteiger partial charge in [-0.15, -0.1) is 0 Å². The van der Waals surface area contributed by atoms with Gasteiger partial charge in [-0.25, -0.2) is 0 Å². The molecule has 0 radical (unpaired) electrons. The van der Waals surface area contributed by atoms with Crippen LogP contribution in [0.5, 0.6) is 5.75 Å². The maximum Gasteiger partial charge on any atom is 0.119 e. The van der Waals surface area contributed by atoms with Crippen molar-refractivity contribution in [2.45, 2.75) is 25.9 Å². The van der Waals surface area contributed by atoms with E-state index in [-0.39, 0.29) is 5.60 Å². The minimum absolute atomic E-state index is 0.0138. The van der Waals surface area contributed by atoms with Crippen LogP contribution >= 0.6 is 0 Å². The Morgan fingerprint density at radius 3 is 2.00 bits per heavy atom. The van der Waals surface area contributed by atoms with Gasteiger partial charge in [-0.3, -0.25) is 0 Å². The van der Waals surface area contributed by atoms with Crippen molar-refractivity contribution < 1.29 is 9.47 Å². The van der Waals surface area contributed by atoms with Crippen LogP contribution in [0.15, 0.2) is 48.5 Å². The Morgan fingerprint density at radius 1 is 0.964 bits per heavy atom. The Bertz CT molecular complexity index is 743. The van der Waals surface area contributed by atoms with Gasteiger partial charge in [0.25, 0.3) is 0 Å². The first-order chi connectivity index (χ1) is 13.3. The average molecular weight is 384 g/mol. The van der Waals surface area contributed by atoms with Gasteiger partial charge < -0.3 is 25.0 Å². The maximum absolute atomic E-state index is 5.97. The van der Waals surface area contributed by atoms with Crippen molar-refractivity contribution in [3.63, 3.8) is 0 Å². The van der Waals surface area contributed by atoms with Crippen molar-refractivity contribution in [1.82, 2.24) is 0 Å².